The summed E-state index contributed by atoms with van der Waals surface area (Å²) in [5, 5.41) is 0. The van der Waals surface area contributed by atoms with Gasteiger partial charge in [0, 0.05) is 17.8 Å². The quantitative estimate of drug-likeness (QED) is 0.849. The molecular formula is C13H19FN2O2S. The van der Waals surface area contributed by atoms with Crippen molar-refractivity contribution in [1.82, 2.24) is 4.31 Å². The zero-order chi connectivity index (χ0) is 14.2. The topological polar surface area (TPSA) is 63.4 Å². The summed E-state index contributed by atoms with van der Waals surface area (Å²) in [6.07, 6.45) is 2.59. The largest absolute Gasteiger partial charge is 0.399 e. The number of hydrogen-bond acceptors (Lipinski definition) is 3. The van der Waals surface area contributed by atoms with E-state index in [4.69, 9.17) is 5.73 Å². The summed E-state index contributed by atoms with van der Waals surface area (Å²) >= 11 is 0. The second-order valence-electron chi connectivity index (χ2n) is 5.15. The molecule has 2 atom stereocenters. The third-order valence-corrected chi connectivity index (χ3v) is 5.77. The molecule has 1 fully saturated rings. The van der Waals surface area contributed by atoms with Crippen molar-refractivity contribution in [2.45, 2.75) is 50.1 Å². The highest BCUT2D eigenvalue weighted by Gasteiger charge is 2.37. The van der Waals surface area contributed by atoms with Gasteiger partial charge in [-0.15, -0.1) is 0 Å². The lowest BCUT2D eigenvalue weighted by atomic mass is 10.0. The highest BCUT2D eigenvalue weighted by Crippen LogP contribution is 2.31. The molecular weight excluding hydrogens is 267 g/mol. The second-order valence-corrected chi connectivity index (χ2v) is 6.97. The van der Waals surface area contributed by atoms with Crippen molar-refractivity contribution in [1.29, 1.82) is 0 Å². The molecule has 0 aliphatic carbocycles. The smallest absolute Gasteiger partial charge is 0.246 e. The summed E-state index contributed by atoms with van der Waals surface area (Å²) in [6, 6.07) is 3.42. The third-order valence-electron chi connectivity index (χ3n) is 3.62. The molecule has 1 saturated heterocycles. The van der Waals surface area contributed by atoms with Crippen LogP contribution in [0.1, 0.15) is 33.1 Å². The Morgan fingerprint density at radius 1 is 1.26 bits per heavy atom. The fraction of sp³-hybridized carbons (Fsp3) is 0.538. The monoisotopic (exact) mass is 286 g/mol. The van der Waals surface area contributed by atoms with Crippen molar-refractivity contribution in [3.63, 3.8) is 0 Å². The summed E-state index contributed by atoms with van der Waals surface area (Å²) in [4.78, 5) is -0.326. The Labute approximate surface area is 113 Å². The first-order valence-corrected chi connectivity index (χ1v) is 7.86. The lowest BCUT2D eigenvalue weighted by Crippen LogP contribution is -2.47. The summed E-state index contributed by atoms with van der Waals surface area (Å²) in [7, 11) is -3.84. The van der Waals surface area contributed by atoms with Crippen LogP contribution in [-0.2, 0) is 10.0 Å². The van der Waals surface area contributed by atoms with E-state index in [-0.39, 0.29) is 22.7 Å². The summed E-state index contributed by atoms with van der Waals surface area (Å²) in [6.45, 7) is 3.72. The molecule has 1 aliphatic rings. The van der Waals surface area contributed by atoms with Crippen molar-refractivity contribution < 1.29 is 12.8 Å². The molecule has 1 aromatic carbocycles. The van der Waals surface area contributed by atoms with Crippen LogP contribution < -0.4 is 5.73 Å². The minimum Gasteiger partial charge on any atom is -0.399 e. The van der Waals surface area contributed by atoms with E-state index in [1.807, 2.05) is 13.8 Å². The van der Waals surface area contributed by atoms with Gasteiger partial charge in [0.1, 0.15) is 10.7 Å². The van der Waals surface area contributed by atoms with E-state index in [1.165, 1.54) is 16.4 Å². The van der Waals surface area contributed by atoms with Gasteiger partial charge < -0.3 is 5.73 Å². The molecule has 0 radical (unpaired) electrons. The molecule has 2 rings (SSSR count). The van der Waals surface area contributed by atoms with Crippen molar-refractivity contribution >= 4 is 15.7 Å². The van der Waals surface area contributed by atoms with E-state index in [0.717, 1.165) is 25.3 Å². The maximum atomic E-state index is 13.8. The van der Waals surface area contributed by atoms with Crippen molar-refractivity contribution in [3.05, 3.63) is 24.0 Å². The number of sulfonamides is 1. The lowest BCUT2D eigenvalue weighted by molar-refractivity contribution is 0.203. The van der Waals surface area contributed by atoms with Gasteiger partial charge in [-0.25, -0.2) is 12.8 Å². The minimum atomic E-state index is -3.84. The van der Waals surface area contributed by atoms with Gasteiger partial charge in [-0.3, -0.25) is 0 Å². The van der Waals surface area contributed by atoms with E-state index in [2.05, 4.69) is 0 Å². The van der Waals surface area contributed by atoms with Crippen molar-refractivity contribution in [2.24, 2.45) is 0 Å². The maximum absolute atomic E-state index is 13.8. The number of benzene rings is 1. The van der Waals surface area contributed by atoms with Gasteiger partial charge in [0.05, 0.1) is 0 Å². The normalized spacial score (nSPS) is 25.4. The van der Waals surface area contributed by atoms with Crippen LogP contribution in [0, 0.1) is 5.82 Å². The van der Waals surface area contributed by atoms with Crippen molar-refractivity contribution in [3.8, 4) is 0 Å². The molecule has 0 spiro atoms. The number of halogens is 1. The van der Waals surface area contributed by atoms with Gasteiger partial charge in [-0.05, 0) is 44.9 Å². The Morgan fingerprint density at radius 3 is 2.42 bits per heavy atom. The first-order valence-electron chi connectivity index (χ1n) is 6.42. The Morgan fingerprint density at radius 2 is 1.84 bits per heavy atom. The first kappa shape index (κ1) is 14.3. The molecule has 19 heavy (non-hydrogen) atoms. The molecule has 0 amide bonds. The molecule has 2 unspecified atom stereocenters. The number of nitrogens with zero attached hydrogens (tertiary/aromatic N) is 1. The van der Waals surface area contributed by atoms with Crippen LogP contribution in [0.4, 0.5) is 10.1 Å². The fourth-order valence-electron chi connectivity index (χ4n) is 2.70. The average Bonchev–Trinajstić information content (AvgIpc) is 2.31. The number of piperidine rings is 1. The maximum Gasteiger partial charge on any atom is 0.246 e. The van der Waals surface area contributed by atoms with Crippen LogP contribution in [0.2, 0.25) is 0 Å². The van der Waals surface area contributed by atoms with Gasteiger partial charge >= 0.3 is 0 Å². The summed E-state index contributed by atoms with van der Waals surface area (Å²) < 4.78 is 40.4. The zero-order valence-corrected chi connectivity index (χ0v) is 12.0. The molecule has 2 N–H and O–H groups in total. The Bertz CT molecular complexity index is 564. The highest BCUT2D eigenvalue weighted by molar-refractivity contribution is 7.89. The number of nitrogen functional groups attached to an aromatic ring is 1. The van der Waals surface area contributed by atoms with E-state index in [0.29, 0.717) is 0 Å². The Hall–Kier alpha value is -1.14. The summed E-state index contributed by atoms with van der Waals surface area (Å²) in [5.74, 6) is -0.751. The summed E-state index contributed by atoms with van der Waals surface area (Å²) in [5.41, 5.74) is 5.82. The second kappa shape index (κ2) is 5.09. The number of anilines is 1. The molecule has 0 aromatic heterocycles. The zero-order valence-electron chi connectivity index (χ0n) is 11.1. The minimum absolute atomic E-state index is 0.116. The van der Waals surface area contributed by atoms with Gasteiger partial charge in [0.25, 0.3) is 0 Å². The predicted octanol–water partition coefficient (Wildman–Crippen LogP) is 2.36. The first-order chi connectivity index (χ1) is 8.84. The Balaban J connectivity index is 2.49. The van der Waals surface area contributed by atoms with E-state index >= 15 is 0 Å². The van der Waals surface area contributed by atoms with E-state index in [9.17, 15) is 12.8 Å². The molecule has 4 nitrogen and oxygen atoms in total. The third kappa shape index (κ3) is 2.60. The van der Waals surface area contributed by atoms with Gasteiger partial charge in [0.15, 0.2) is 0 Å². The average molecular weight is 286 g/mol. The molecule has 1 aromatic rings. The van der Waals surface area contributed by atoms with Gasteiger partial charge in [-0.1, -0.05) is 6.42 Å². The Kier molecular flexibility index (Phi) is 3.82. The van der Waals surface area contributed by atoms with Crippen LogP contribution >= 0.6 is 0 Å². The number of rotatable bonds is 2. The van der Waals surface area contributed by atoms with Gasteiger partial charge in [0.2, 0.25) is 10.0 Å². The molecule has 1 heterocycles. The molecule has 1 aliphatic heterocycles. The predicted molar refractivity (Wildman–Crippen MR) is 72.6 cm³/mol. The van der Waals surface area contributed by atoms with Crippen molar-refractivity contribution in [2.75, 3.05) is 5.73 Å². The lowest BCUT2D eigenvalue weighted by Gasteiger charge is -2.37. The number of nitrogens with two attached hydrogens (primary N) is 1. The van der Waals surface area contributed by atoms with Crippen LogP contribution in [-0.4, -0.2) is 24.8 Å². The number of hydrogen-bond donors (Lipinski definition) is 1. The molecule has 6 heteroatoms. The van der Waals surface area contributed by atoms with Crippen LogP contribution in [0.5, 0.6) is 0 Å². The van der Waals surface area contributed by atoms with E-state index in [1.54, 1.807) is 0 Å². The fourth-order valence-corrected chi connectivity index (χ4v) is 4.69. The highest BCUT2D eigenvalue weighted by atomic mass is 32.2. The van der Waals surface area contributed by atoms with Crippen LogP contribution in [0.15, 0.2) is 23.1 Å². The SMILES string of the molecule is CC1CCCC(C)N1S(=O)(=O)c1cc(N)ccc1F. The van der Waals surface area contributed by atoms with Crippen LogP contribution in [0.3, 0.4) is 0 Å². The van der Waals surface area contributed by atoms with E-state index < -0.39 is 15.8 Å². The molecule has 106 valence electrons. The standard InChI is InChI=1S/C13H19FN2O2S/c1-9-4-3-5-10(2)16(9)19(17,18)13-8-11(15)6-7-12(13)14/h6-10H,3-5,15H2,1-2H3. The molecule has 0 saturated carbocycles. The molecule has 0 bridgehead atoms. The van der Waals surface area contributed by atoms with Crippen LogP contribution in [0.25, 0.3) is 0 Å². The van der Waals surface area contributed by atoms with Gasteiger partial charge in [-0.2, -0.15) is 4.31 Å².